The number of carbonyl (C=O) groups is 2. The van der Waals surface area contributed by atoms with Gasteiger partial charge in [-0.05, 0) is 30.5 Å². The van der Waals surface area contributed by atoms with Crippen molar-refractivity contribution in [3.8, 4) is 11.5 Å². The molecule has 1 N–H and O–H groups in total. The van der Waals surface area contributed by atoms with Crippen molar-refractivity contribution in [1.82, 2.24) is 10.2 Å². The van der Waals surface area contributed by atoms with Crippen molar-refractivity contribution in [3.63, 3.8) is 0 Å². The normalized spacial score (nSPS) is 12.1. The molecule has 0 unspecified atom stereocenters. The number of rotatable bonds is 12. The van der Waals surface area contributed by atoms with Crippen LogP contribution in [0, 0.1) is 5.92 Å². The molecule has 10 heteroatoms. The topological polar surface area (TPSA) is 105 Å². The molecular weight excluding hydrogens is 470 g/mol. The average molecular weight is 506 g/mol. The Bertz CT molecular complexity index is 1110. The minimum absolute atomic E-state index is 0.152. The molecule has 0 bridgehead atoms. The Balaban J connectivity index is 2.39. The van der Waals surface area contributed by atoms with Crippen LogP contribution in [0.5, 0.6) is 11.5 Å². The van der Waals surface area contributed by atoms with Gasteiger partial charge in [0.25, 0.3) is 0 Å². The molecule has 35 heavy (non-hydrogen) atoms. The van der Waals surface area contributed by atoms with Crippen molar-refractivity contribution in [2.45, 2.75) is 33.4 Å². The van der Waals surface area contributed by atoms with Crippen LogP contribution in [0.1, 0.15) is 26.3 Å². The fraction of sp³-hybridized carbons (Fsp3) is 0.440. The van der Waals surface area contributed by atoms with Crippen LogP contribution >= 0.6 is 0 Å². The van der Waals surface area contributed by atoms with Crippen LogP contribution < -0.4 is 19.1 Å². The van der Waals surface area contributed by atoms with E-state index in [0.717, 1.165) is 16.1 Å². The Kier molecular flexibility index (Phi) is 9.94. The van der Waals surface area contributed by atoms with Crippen LogP contribution in [-0.2, 0) is 26.2 Å². The molecule has 2 aromatic carbocycles. The first-order chi connectivity index (χ1) is 16.5. The summed E-state index contributed by atoms with van der Waals surface area (Å²) in [7, 11) is -0.927. The van der Waals surface area contributed by atoms with E-state index in [4.69, 9.17) is 9.47 Å². The molecule has 0 saturated heterocycles. The Morgan fingerprint density at radius 1 is 0.971 bits per heavy atom. The highest BCUT2D eigenvalue weighted by Crippen LogP contribution is 2.32. The summed E-state index contributed by atoms with van der Waals surface area (Å²) in [5, 5.41) is 2.85. The quantitative estimate of drug-likeness (QED) is 0.476. The first-order valence-corrected chi connectivity index (χ1v) is 13.1. The van der Waals surface area contributed by atoms with Crippen molar-refractivity contribution >= 4 is 27.5 Å². The molecule has 2 rings (SSSR count). The van der Waals surface area contributed by atoms with Gasteiger partial charge in [0.1, 0.15) is 12.6 Å². The molecule has 0 aromatic heterocycles. The molecule has 0 aliphatic rings. The minimum atomic E-state index is -3.84. The second-order valence-electron chi connectivity index (χ2n) is 8.63. The second kappa shape index (κ2) is 12.4. The molecule has 0 radical (unpaired) electrons. The molecular formula is C25H35N3O6S. The van der Waals surface area contributed by atoms with Gasteiger partial charge in [0.15, 0.2) is 11.5 Å². The summed E-state index contributed by atoms with van der Waals surface area (Å²) in [5.41, 5.74) is 1.07. The third-order valence-electron chi connectivity index (χ3n) is 5.38. The summed E-state index contributed by atoms with van der Waals surface area (Å²) in [6.07, 6.45) is 1.03. The number of benzene rings is 2. The third kappa shape index (κ3) is 7.88. The van der Waals surface area contributed by atoms with E-state index in [9.17, 15) is 18.0 Å². The lowest BCUT2D eigenvalue weighted by Crippen LogP contribution is -2.51. The highest BCUT2D eigenvalue weighted by molar-refractivity contribution is 7.92. The molecule has 0 saturated carbocycles. The van der Waals surface area contributed by atoms with Gasteiger partial charge < -0.3 is 19.7 Å². The lowest BCUT2D eigenvalue weighted by atomic mass is 10.1. The lowest BCUT2D eigenvalue weighted by Gasteiger charge is -2.31. The molecule has 0 spiro atoms. The van der Waals surface area contributed by atoms with Gasteiger partial charge in [0.05, 0.1) is 26.2 Å². The van der Waals surface area contributed by atoms with E-state index >= 15 is 0 Å². The van der Waals surface area contributed by atoms with E-state index < -0.39 is 28.5 Å². The predicted molar refractivity (Wildman–Crippen MR) is 136 cm³/mol. The number of sulfonamides is 1. The standard InChI is InChI=1S/C25H35N3O6S/c1-18(2)15-26-25(30)19(3)27(16-20-10-8-7-9-11-20)24(29)17-28(35(6,31)32)21-12-13-22(33-4)23(14-21)34-5/h7-14,18-19H,15-17H2,1-6H3,(H,26,30)/t19-/m1/s1. The van der Waals surface area contributed by atoms with Gasteiger partial charge in [-0.2, -0.15) is 0 Å². The third-order valence-corrected chi connectivity index (χ3v) is 6.52. The molecule has 0 heterocycles. The maximum Gasteiger partial charge on any atom is 0.244 e. The van der Waals surface area contributed by atoms with Gasteiger partial charge >= 0.3 is 0 Å². The van der Waals surface area contributed by atoms with E-state index in [1.165, 1.54) is 31.3 Å². The first-order valence-electron chi connectivity index (χ1n) is 11.3. The molecule has 0 fully saturated rings. The Labute approximate surface area is 208 Å². The first kappa shape index (κ1) is 28.0. The van der Waals surface area contributed by atoms with Crippen LogP contribution in [0.4, 0.5) is 5.69 Å². The van der Waals surface area contributed by atoms with Crippen molar-refractivity contribution in [2.24, 2.45) is 5.92 Å². The zero-order valence-electron chi connectivity index (χ0n) is 21.1. The number of amides is 2. The number of ether oxygens (including phenoxy) is 2. The zero-order valence-corrected chi connectivity index (χ0v) is 22.0. The summed E-state index contributed by atoms with van der Waals surface area (Å²) in [6.45, 7) is 5.73. The van der Waals surface area contributed by atoms with Gasteiger partial charge in [-0.25, -0.2) is 8.42 Å². The Morgan fingerprint density at radius 3 is 2.14 bits per heavy atom. The van der Waals surface area contributed by atoms with Crippen LogP contribution in [0.25, 0.3) is 0 Å². The molecule has 192 valence electrons. The second-order valence-corrected chi connectivity index (χ2v) is 10.5. The largest absolute Gasteiger partial charge is 0.493 e. The summed E-state index contributed by atoms with van der Waals surface area (Å²) < 4.78 is 36.9. The van der Waals surface area contributed by atoms with Crippen LogP contribution in [0.15, 0.2) is 48.5 Å². The van der Waals surface area contributed by atoms with Gasteiger partial charge in [0, 0.05) is 19.2 Å². The minimum Gasteiger partial charge on any atom is -0.493 e. The van der Waals surface area contributed by atoms with Crippen molar-refractivity contribution in [1.29, 1.82) is 0 Å². The number of methoxy groups -OCH3 is 2. The van der Waals surface area contributed by atoms with Crippen molar-refractivity contribution < 1.29 is 27.5 Å². The Morgan fingerprint density at radius 2 is 1.60 bits per heavy atom. The van der Waals surface area contributed by atoms with E-state index in [1.54, 1.807) is 13.0 Å². The van der Waals surface area contributed by atoms with E-state index in [0.29, 0.717) is 18.0 Å². The van der Waals surface area contributed by atoms with E-state index in [-0.39, 0.29) is 24.1 Å². The van der Waals surface area contributed by atoms with Gasteiger partial charge in [0.2, 0.25) is 21.8 Å². The summed E-state index contributed by atoms with van der Waals surface area (Å²) in [5.74, 6) is 0.183. The molecule has 1 atom stereocenters. The molecule has 2 aromatic rings. The maximum atomic E-state index is 13.5. The molecule has 0 aliphatic heterocycles. The molecule has 2 amide bonds. The number of hydrogen-bond donors (Lipinski definition) is 1. The molecule has 9 nitrogen and oxygen atoms in total. The fourth-order valence-corrected chi connectivity index (χ4v) is 4.25. The van der Waals surface area contributed by atoms with Gasteiger partial charge in [-0.15, -0.1) is 0 Å². The van der Waals surface area contributed by atoms with Crippen LogP contribution in [0.3, 0.4) is 0 Å². The number of anilines is 1. The summed E-state index contributed by atoms with van der Waals surface area (Å²) >= 11 is 0. The number of carbonyl (C=O) groups excluding carboxylic acids is 2. The fourth-order valence-electron chi connectivity index (χ4n) is 3.41. The number of hydrogen-bond acceptors (Lipinski definition) is 6. The summed E-state index contributed by atoms with van der Waals surface area (Å²) in [6, 6.07) is 13.0. The van der Waals surface area contributed by atoms with E-state index in [2.05, 4.69) is 5.32 Å². The van der Waals surface area contributed by atoms with Crippen molar-refractivity contribution in [2.75, 3.05) is 37.9 Å². The van der Waals surface area contributed by atoms with Gasteiger partial charge in [-0.3, -0.25) is 13.9 Å². The lowest BCUT2D eigenvalue weighted by molar-refractivity contribution is -0.139. The maximum absolute atomic E-state index is 13.5. The van der Waals surface area contributed by atoms with Crippen molar-refractivity contribution in [3.05, 3.63) is 54.1 Å². The SMILES string of the molecule is COc1ccc(N(CC(=O)N(Cc2ccccc2)[C@H](C)C(=O)NCC(C)C)S(C)(=O)=O)cc1OC. The van der Waals surface area contributed by atoms with E-state index in [1.807, 2.05) is 44.2 Å². The smallest absolute Gasteiger partial charge is 0.244 e. The zero-order chi connectivity index (χ0) is 26.2. The molecule has 0 aliphatic carbocycles. The average Bonchev–Trinajstić information content (AvgIpc) is 2.83. The number of nitrogens with zero attached hydrogens (tertiary/aromatic N) is 2. The predicted octanol–water partition coefficient (Wildman–Crippen LogP) is 2.66. The Hall–Kier alpha value is -3.27. The van der Waals surface area contributed by atoms with Crippen LogP contribution in [0.2, 0.25) is 0 Å². The highest BCUT2D eigenvalue weighted by atomic mass is 32.2. The summed E-state index contributed by atoms with van der Waals surface area (Å²) in [4.78, 5) is 27.7. The highest BCUT2D eigenvalue weighted by Gasteiger charge is 2.30. The van der Waals surface area contributed by atoms with Gasteiger partial charge in [-0.1, -0.05) is 44.2 Å². The van der Waals surface area contributed by atoms with Crippen LogP contribution in [-0.4, -0.2) is 64.7 Å². The monoisotopic (exact) mass is 505 g/mol. The number of nitrogens with one attached hydrogen (secondary N) is 1.